The van der Waals surface area contributed by atoms with Crippen molar-refractivity contribution in [3.8, 4) is 0 Å². The van der Waals surface area contributed by atoms with E-state index in [1.165, 1.54) is 16.0 Å². The van der Waals surface area contributed by atoms with E-state index in [4.69, 9.17) is 0 Å². The summed E-state index contributed by atoms with van der Waals surface area (Å²) in [6.07, 6.45) is -2.20. The lowest BCUT2D eigenvalue weighted by Crippen LogP contribution is -2.54. The predicted octanol–water partition coefficient (Wildman–Crippen LogP) is 3.41. The van der Waals surface area contributed by atoms with Crippen molar-refractivity contribution in [2.45, 2.75) is 56.2 Å². The molecule has 1 fully saturated rings. The highest BCUT2D eigenvalue weighted by Crippen LogP contribution is 2.39. The van der Waals surface area contributed by atoms with Crippen LogP contribution in [0.4, 0.5) is 13.2 Å². The Morgan fingerprint density at radius 1 is 1.25 bits per heavy atom. The molecule has 1 N–H and O–H groups in total. The van der Waals surface area contributed by atoms with Crippen LogP contribution < -0.4 is 0 Å². The van der Waals surface area contributed by atoms with Crippen LogP contribution in [0.5, 0.6) is 0 Å². The van der Waals surface area contributed by atoms with Gasteiger partial charge in [0.15, 0.2) is 5.60 Å². The minimum atomic E-state index is -4.63. The number of aliphatic hydroxyl groups is 1. The highest BCUT2D eigenvalue weighted by molar-refractivity contribution is 5.77. The smallest absolute Gasteiger partial charge is 0.380 e. The number of fused-ring (bicyclic) bond motifs is 1. The van der Waals surface area contributed by atoms with Gasteiger partial charge in [0.05, 0.1) is 0 Å². The van der Waals surface area contributed by atoms with Crippen molar-refractivity contribution < 1.29 is 23.1 Å². The van der Waals surface area contributed by atoms with Crippen molar-refractivity contribution in [2.75, 3.05) is 13.1 Å². The largest absolute Gasteiger partial charge is 0.417 e. The lowest BCUT2D eigenvalue weighted by Gasteiger charge is -2.39. The Labute approximate surface area is 139 Å². The molecule has 0 bridgehead atoms. The van der Waals surface area contributed by atoms with Crippen molar-refractivity contribution >= 4 is 5.91 Å². The highest BCUT2D eigenvalue weighted by Gasteiger charge is 2.54. The minimum Gasteiger partial charge on any atom is -0.380 e. The number of hydrogen-bond donors (Lipinski definition) is 1. The van der Waals surface area contributed by atoms with Gasteiger partial charge in [0.2, 0.25) is 5.91 Å². The Morgan fingerprint density at radius 2 is 1.92 bits per heavy atom. The fourth-order valence-corrected chi connectivity index (χ4v) is 3.82. The van der Waals surface area contributed by atoms with Crippen LogP contribution in [0.1, 0.15) is 49.1 Å². The van der Waals surface area contributed by atoms with Crippen LogP contribution in [-0.4, -0.2) is 40.8 Å². The average Bonchev–Trinajstić information content (AvgIpc) is 2.55. The second-order valence-corrected chi connectivity index (χ2v) is 6.90. The molecule has 1 saturated heterocycles. The standard InChI is InChI=1S/C18H22F3NO2/c19-18(20,21)17(24)8-10-22(11-9-17)16(23)12-14-6-3-5-13-4-1-2-7-15(13)14/h1-2,4,7,14,24H,3,5-6,8-12H2. The number of piperidine rings is 1. The van der Waals surface area contributed by atoms with Gasteiger partial charge in [-0.05, 0) is 36.3 Å². The molecule has 1 heterocycles. The Kier molecular flexibility index (Phi) is 4.60. The van der Waals surface area contributed by atoms with E-state index in [2.05, 4.69) is 6.07 Å². The molecular weight excluding hydrogens is 319 g/mol. The number of alkyl halides is 3. The van der Waals surface area contributed by atoms with E-state index in [0.717, 1.165) is 19.3 Å². The summed E-state index contributed by atoms with van der Waals surface area (Å²) in [5.41, 5.74) is -0.186. The van der Waals surface area contributed by atoms with Crippen LogP contribution >= 0.6 is 0 Å². The number of nitrogens with zero attached hydrogens (tertiary/aromatic N) is 1. The molecule has 3 rings (SSSR count). The highest BCUT2D eigenvalue weighted by atomic mass is 19.4. The van der Waals surface area contributed by atoms with Gasteiger partial charge in [-0.3, -0.25) is 4.79 Å². The molecule has 6 heteroatoms. The molecule has 3 nitrogen and oxygen atoms in total. The van der Waals surface area contributed by atoms with Gasteiger partial charge in [-0.1, -0.05) is 24.3 Å². The Bertz CT molecular complexity index is 607. The summed E-state index contributed by atoms with van der Waals surface area (Å²) in [5, 5.41) is 9.70. The van der Waals surface area contributed by atoms with E-state index in [1.807, 2.05) is 18.2 Å². The van der Waals surface area contributed by atoms with Gasteiger partial charge < -0.3 is 10.0 Å². The zero-order valence-corrected chi connectivity index (χ0v) is 13.5. The molecule has 1 atom stereocenters. The minimum absolute atomic E-state index is 0.0385. The lowest BCUT2D eigenvalue weighted by molar-refractivity contribution is -0.272. The first kappa shape index (κ1) is 17.3. The van der Waals surface area contributed by atoms with E-state index in [9.17, 15) is 23.1 Å². The summed E-state index contributed by atoms with van der Waals surface area (Å²) in [6.45, 7) is -0.0770. The Balaban J connectivity index is 1.62. The van der Waals surface area contributed by atoms with E-state index in [1.54, 1.807) is 0 Å². The molecule has 1 aromatic carbocycles. The van der Waals surface area contributed by atoms with Gasteiger partial charge in [-0.2, -0.15) is 13.2 Å². The second kappa shape index (κ2) is 6.39. The van der Waals surface area contributed by atoms with E-state index < -0.39 is 24.6 Å². The van der Waals surface area contributed by atoms with Crippen LogP contribution in [0.15, 0.2) is 24.3 Å². The van der Waals surface area contributed by atoms with Gasteiger partial charge in [-0.25, -0.2) is 0 Å². The lowest BCUT2D eigenvalue weighted by atomic mass is 9.80. The molecule has 1 aromatic rings. The molecule has 0 aromatic heterocycles. The van der Waals surface area contributed by atoms with Crippen LogP contribution in [0.2, 0.25) is 0 Å². The average molecular weight is 341 g/mol. The topological polar surface area (TPSA) is 40.5 Å². The monoisotopic (exact) mass is 341 g/mol. The van der Waals surface area contributed by atoms with Crippen molar-refractivity contribution in [3.05, 3.63) is 35.4 Å². The summed E-state index contributed by atoms with van der Waals surface area (Å²) < 4.78 is 38.5. The first-order chi connectivity index (χ1) is 11.3. The number of amides is 1. The fraction of sp³-hybridized carbons (Fsp3) is 0.611. The van der Waals surface area contributed by atoms with Crippen LogP contribution in [0.25, 0.3) is 0 Å². The third kappa shape index (κ3) is 3.29. The molecule has 132 valence electrons. The summed E-state index contributed by atoms with van der Waals surface area (Å²) in [7, 11) is 0. The number of aryl methyl sites for hydroxylation is 1. The number of likely N-dealkylation sites (tertiary alicyclic amines) is 1. The number of carbonyl (C=O) groups excluding carboxylic acids is 1. The maximum atomic E-state index is 12.8. The SMILES string of the molecule is O=C(CC1CCCc2ccccc21)N1CCC(O)(C(F)(F)F)CC1. The predicted molar refractivity (Wildman–Crippen MR) is 83.6 cm³/mol. The first-order valence-electron chi connectivity index (χ1n) is 8.45. The molecular formula is C18H22F3NO2. The molecule has 0 radical (unpaired) electrons. The number of rotatable bonds is 2. The molecule has 1 amide bonds. The molecule has 1 aliphatic heterocycles. The summed E-state index contributed by atoms with van der Waals surface area (Å²) in [5.74, 6) is 0.0341. The van der Waals surface area contributed by atoms with E-state index in [0.29, 0.717) is 6.42 Å². The summed E-state index contributed by atoms with van der Waals surface area (Å²) in [4.78, 5) is 14.0. The summed E-state index contributed by atoms with van der Waals surface area (Å²) >= 11 is 0. The maximum Gasteiger partial charge on any atom is 0.417 e. The molecule has 2 aliphatic rings. The molecule has 1 aliphatic carbocycles. The first-order valence-corrected chi connectivity index (χ1v) is 8.45. The van der Waals surface area contributed by atoms with Gasteiger partial charge in [-0.15, -0.1) is 0 Å². The van der Waals surface area contributed by atoms with Crippen molar-refractivity contribution in [1.82, 2.24) is 4.90 Å². The van der Waals surface area contributed by atoms with Crippen molar-refractivity contribution in [1.29, 1.82) is 0 Å². The zero-order chi connectivity index (χ0) is 17.4. The molecule has 0 spiro atoms. The Hall–Kier alpha value is -1.56. The van der Waals surface area contributed by atoms with E-state index >= 15 is 0 Å². The van der Waals surface area contributed by atoms with Gasteiger partial charge in [0, 0.05) is 32.4 Å². The second-order valence-electron chi connectivity index (χ2n) is 6.90. The zero-order valence-electron chi connectivity index (χ0n) is 13.5. The molecule has 1 unspecified atom stereocenters. The van der Waals surface area contributed by atoms with Gasteiger partial charge in [0.1, 0.15) is 0 Å². The van der Waals surface area contributed by atoms with Crippen LogP contribution in [0, 0.1) is 0 Å². The molecule has 24 heavy (non-hydrogen) atoms. The maximum absolute atomic E-state index is 12.8. The van der Waals surface area contributed by atoms with Crippen molar-refractivity contribution in [3.63, 3.8) is 0 Å². The number of benzene rings is 1. The summed E-state index contributed by atoms with van der Waals surface area (Å²) in [6, 6.07) is 8.08. The molecule has 0 saturated carbocycles. The quantitative estimate of drug-likeness (QED) is 0.895. The normalized spacial score (nSPS) is 23.7. The third-order valence-corrected chi connectivity index (χ3v) is 5.39. The van der Waals surface area contributed by atoms with Gasteiger partial charge >= 0.3 is 6.18 Å². The van der Waals surface area contributed by atoms with Crippen molar-refractivity contribution in [2.24, 2.45) is 0 Å². The fourth-order valence-electron chi connectivity index (χ4n) is 3.82. The van der Waals surface area contributed by atoms with Crippen LogP contribution in [-0.2, 0) is 11.2 Å². The Morgan fingerprint density at radius 3 is 2.58 bits per heavy atom. The third-order valence-electron chi connectivity index (χ3n) is 5.39. The van der Waals surface area contributed by atoms with Crippen LogP contribution in [0.3, 0.4) is 0 Å². The van der Waals surface area contributed by atoms with Gasteiger partial charge in [0.25, 0.3) is 0 Å². The number of halogens is 3. The number of hydrogen-bond acceptors (Lipinski definition) is 2. The number of carbonyl (C=O) groups is 1. The van der Waals surface area contributed by atoms with E-state index in [-0.39, 0.29) is 24.9 Å².